The Hall–Kier alpha value is -1.78. The molecule has 0 spiro atoms. The van der Waals surface area contributed by atoms with E-state index in [1.54, 1.807) is 4.68 Å². The molecule has 3 N–H and O–H groups in total. The number of aromatic nitrogens is 4. The van der Waals surface area contributed by atoms with Crippen LogP contribution in [0.1, 0.15) is 25.3 Å². The van der Waals surface area contributed by atoms with Crippen LogP contribution in [-0.4, -0.2) is 20.0 Å². The minimum atomic E-state index is 0.334. The summed E-state index contributed by atoms with van der Waals surface area (Å²) in [5.41, 5.74) is 8.64. The molecule has 5 heteroatoms. The van der Waals surface area contributed by atoms with Gasteiger partial charge in [0.2, 0.25) is 0 Å². The normalized spacial score (nSPS) is 11.2. The molecule has 5 nitrogen and oxygen atoms in total. The number of hydrogen-bond acceptors (Lipinski definition) is 3. The van der Waals surface area contributed by atoms with Gasteiger partial charge < -0.3 is 5.73 Å². The second kappa shape index (κ2) is 3.42. The SMILES string of the molecule is CC(C)c1c(N)n[nH]c1-c1ccn(C)n1. The minimum Gasteiger partial charge on any atom is -0.382 e. The van der Waals surface area contributed by atoms with Crippen LogP contribution in [0.3, 0.4) is 0 Å². The van der Waals surface area contributed by atoms with E-state index in [1.807, 2.05) is 19.3 Å². The first kappa shape index (κ1) is 9.76. The van der Waals surface area contributed by atoms with Crippen molar-refractivity contribution in [1.82, 2.24) is 20.0 Å². The number of nitrogens with one attached hydrogen (secondary N) is 1. The van der Waals surface area contributed by atoms with E-state index in [9.17, 15) is 0 Å². The van der Waals surface area contributed by atoms with E-state index in [0.717, 1.165) is 17.0 Å². The van der Waals surface area contributed by atoms with Crippen molar-refractivity contribution in [3.05, 3.63) is 17.8 Å². The van der Waals surface area contributed by atoms with Gasteiger partial charge in [0.05, 0.1) is 5.69 Å². The van der Waals surface area contributed by atoms with Crippen LogP contribution in [0, 0.1) is 0 Å². The predicted molar refractivity (Wildman–Crippen MR) is 59.3 cm³/mol. The molecule has 0 fully saturated rings. The van der Waals surface area contributed by atoms with Crippen molar-refractivity contribution in [1.29, 1.82) is 0 Å². The third-order valence-corrected chi connectivity index (χ3v) is 2.38. The molecule has 0 aliphatic heterocycles. The monoisotopic (exact) mass is 205 g/mol. The van der Waals surface area contributed by atoms with Gasteiger partial charge in [0.1, 0.15) is 11.5 Å². The van der Waals surface area contributed by atoms with Crippen molar-refractivity contribution in [2.24, 2.45) is 7.05 Å². The minimum absolute atomic E-state index is 0.334. The summed E-state index contributed by atoms with van der Waals surface area (Å²) < 4.78 is 1.76. The lowest BCUT2D eigenvalue weighted by molar-refractivity contribution is 0.768. The Morgan fingerprint density at radius 3 is 2.73 bits per heavy atom. The zero-order valence-corrected chi connectivity index (χ0v) is 9.15. The molecular weight excluding hydrogens is 190 g/mol. The smallest absolute Gasteiger partial charge is 0.149 e. The van der Waals surface area contributed by atoms with Gasteiger partial charge in [-0.15, -0.1) is 0 Å². The summed E-state index contributed by atoms with van der Waals surface area (Å²) in [7, 11) is 1.89. The lowest BCUT2D eigenvalue weighted by Gasteiger charge is -2.04. The van der Waals surface area contributed by atoms with Gasteiger partial charge in [0.15, 0.2) is 0 Å². The van der Waals surface area contributed by atoms with Crippen molar-refractivity contribution in [3.8, 4) is 11.4 Å². The van der Waals surface area contributed by atoms with Crippen LogP contribution in [0.2, 0.25) is 0 Å². The standard InChI is InChI=1S/C10H15N5/c1-6(2)8-9(12-13-10(8)11)7-4-5-15(3)14-7/h4-6H,1-3H3,(H3,11,12,13). The van der Waals surface area contributed by atoms with E-state index in [2.05, 4.69) is 29.1 Å². The van der Waals surface area contributed by atoms with E-state index in [0.29, 0.717) is 11.7 Å². The molecule has 0 aromatic carbocycles. The second-order valence-electron chi connectivity index (χ2n) is 3.93. The highest BCUT2D eigenvalue weighted by Crippen LogP contribution is 2.29. The van der Waals surface area contributed by atoms with E-state index in [4.69, 9.17) is 5.73 Å². The van der Waals surface area contributed by atoms with Gasteiger partial charge in [0.25, 0.3) is 0 Å². The molecule has 0 radical (unpaired) electrons. The molecule has 0 aliphatic rings. The maximum atomic E-state index is 5.81. The van der Waals surface area contributed by atoms with Crippen LogP contribution in [0.4, 0.5) is 5.82 Å². The fourth-order valence-electron chi connectivity index (χ4n) is 1.69. The molecule has 0 saturated heterocycles. The first-order chi connectivity index (χ1) is 7.09. The van der Waals surface area contributed by atoms with Gasteiger partial charge in [-0.05, 0) is 12.0 Å². The van der Waals surface area contributed by atoms with Crippen LogP contribution in [-0.2, 0) is 7.05 Å². The summed E-state index contributed by atoms with van der Waals surface area (Å²) in [4.78, 5) is 0. The molecule has 0 bridgehead atoms. The van der Waals surface area contributed by atoms with Crippen LogP contribution < -0.4 is 5.73 Å². The second-order valence-corrected chi connectivity index (χ2v) is 3.93. The Kier molecular flexibility index (Phi) is 2.22. The van der Waals surface area contributed by atoms with Gasteiger partial charge in [0, 0.05) is 18.8 Å². The molecule has 0 unspecified atom stereocenters. The number of rotatable bonds is 2. The van der Waals surface area contributed by atoms with Gasteiger partial charge in [-0.25, -0.2) is 0 Å². The Morgan fingerprint density at radius 2 is 2.20 bits per heavy atom. The quantitative estimate of drug-likeness (QED) is 0.780. The van der Waals surface area contributed by atoms with Crippen LogP contribution in [0.25, 0.3) is 11.4 Å². The fraction of sp³-hybridized carbons (Fsp3) is 0.400. The Morgan fingerprint density at radius 1 is 1.47 bits per heavy atom. The van der Waals surface area contributed by atoms with Crippen molar-refractivity contribution >= 4 is 5.82 Å². The summed E-state index contributed by atoms with van der Waals surface area (Å²) in [5, 5.41) is 11.3. The topological polar surface area (TPSA) is 72.5 Å². The number of hydrogen-bond donors (Lipinski definition) is 2. The highest BCUT2D eigenvalue weighted by atomic mass is 15.3. The summed E-state index contributed by atoms with van der Waals surface area (Å²) in [5.74, 6) is 0.895. The van der Waals surface area contributed by atoms with Gasteiger partial charge >= 0.3 is 0 Å². The van der Waals surface area contributed by atoms with Gasteiger partial charge in [-0.3, -0.25) is 9.78 Å². The van der Waals surface area contributed by atoms with Crippen molar-refractivity contribution in [3.63, 3.8) is 0 Å². The molecule has 0 saturated carbocycles. The molecule has 2 aromatic rings. The Bertz CT molecular complexity index is 466. The average molecular weight is 205 g/mol. The number of nitrogen functional groups attached to an aromatic ring is 1. The third-order valence-electron chi connectivity index (χ3n) is 2.38. The van der Waals surface area contributed by atoms with Gasteiger partial charge in [-0.1, -0.05) is 13.8 Å². The van der Waals surface area contributed by atoms with E-state index in [-0.39, 0.29) is 0 Å². The van der Waals surface area contributed by atoms with Crippen molar-refractivity contribution < 1.29 is 0 Å². The Labute approximate surface area is 88.3 Å². The molecule has 2 rings (SSSR count). The number of H-pyrrole nitrogens is 1. The lowest BCUT2D eigenvalue weighted by Crippen LogP contribution is -1.96. The molecule has 0 amide bonds. The maximum absolute atomic E-state index is 5.81. The zero-order valence-electron chi connectivity index (χ0n) is 9.15. The summed E-state index contributed by atoms with van der Waals surface area (Å²) in [6, 6.07) is 1.94. The largest absolute Gasteiger partial charge is 0.382 e. The maximum Gasteiger partial charge on any atom is 0.149 e. The molecular formula is C10H15N5. The van der Waals surface area contributed by atoms with E-state index >= 15 is 0 Å². The van der Waals surface area contributed by atoms with Crippen molar-refractivity contribution in [2.45, 2.75) is 19.8 Å². The number of nitrogens with two attached hydrogens (primary N) is 1. The average Bonchev–Trinajstić information content (AvgIpc) is 2.71. The number of aromatic amines is 1. The fourth-order valence-corrected chi connectivity index (χ4v) is 1.69. The number of aryl methyl sites for hydroxylation is 1. The molecule has 0 atom stereocenters. The van der Waals surface area contributed by atoms with Crippen LogP contribution >= 0.6 is 0 Å². The van der Waals surface area contributed by atoms with Crippen molar-refractivity contribution in [2.75, 3.05) is 5.73 Å². The summed E-state index contributed by atoms with van der Waals surface area (Å²) in [6.07, 6.45) is 1.90. The summed E-state index contributed by atoms with van der Waals surface area (Å²) in [6.45, 7) is 4.18. The zero-order chi connectivity index (χ0) is 11.0. The van der Waals surface area contributed by atoms with Crippen LogP contribution in [0.15, 0.2) is 12.3 Å². The first-order valence-corrected chi connectivity index (χ1v) is 4.93. The number of anilines is 1. The first-order valence-electron chi connectivity index (χ1n) is 4.93. The summed E-state index contributed by atoms with van der Waals surface area (Å²) >= 11 is 0. The van der Waals surface area contributed by atoms with E-state index < -0.39 is 0 Å². The molecule has 15 heavy (non-hydrogen) atoms. The number of nitrogens with zero attached hydrogens (tertiary/aromatic N) is 3. The predicted octanol–water partition coefficient (Wildman–Crippen LogP) is 1.52. The molecule has 2 heterocycles. The van der Waals surface area contributed by atoms with Gasteiger partial charge in [-0.2, -0.15) is 10.2 Å². The third kappa shape index (κ3) is 1.60. The Balaban J connectivity index is 2.53. The lowest BCUT2D eigenvalue weighted by atomic mass is 10.0. The van der Waals surface area contributed by atoms with Crippen LogP contribution in [0.5, 0.6) is 0 Å². The van der Waals surface area contributed by atoms with E-state index in [1.165, 1.54) is 0 Å². The molecule has 0 aliphatic carbocycles. The molecule has 2 aromatic heterocycles. The highest BCUT2D eigenvalue weighted by molar-refractivity contribution is 5.65. The molecule has 80 valence electrons. The highest BCUT2D eigenvalue weighted by Gasteiger charge is 2.16.